The fourth-order valence-corrected chi connectivity index (χ4v) is 2.47. The molecule has 0 fully saturated rings. The summed E-state index contributed by atoms with van der Waals surface area (Å²) in [7, 11) is 0. The summed E-state index contributed by atoms with van der Waals surface area (Å²) >= 11 is 1.78. The summed E-state index contributed by atoms with van der Waals surface area (Å²) in [6, 6.07) is 11.9. The molecular weight excluding hydrogens is 242 g/mol. The number of Topliss-reactive ketones (excluding diaryl/α,β-unsaturated/α-hetero) is 1. The molecule has 1 heterocycles. The molecule has 0 saturated carbocycles. The first-order valence-electron chi connectivity index (χ1n) is 6.19. The molecule has 0 bridgehead atoms. The quantitative estimate of drug-likeness (QED) is 0.795. The monoisotopic (exact) mass is 259 g/mol. The van der Waals surface area contributed by atoms with E-state index in [4.69, 9.17) is 0 Å². The van der Waals surface area contributed by atoms with Crippen LogP contribution in [0.4, 0.5) is 5.69 Å². The van der Waals surface area contributed by atoms with Crippen molar-refractivity contribution in [1.29, 1.82) is 0 Å². The normalized spacial score (nSPS) is 10.3. The second kappa shape index (κ2) is 6.36. The number of benzene rings is 1. The average Bonchev–Trinajstić information content (AvgIpc) is 2.92. The Hall–Kier alpha value is -1.61. The van der Waals surface area contributed by atoms with E-state index in [1.54, 1.807) is 11.3 Å². The third kappa shape index (κ3) is 3.44. The number of hydrogen-bond donors (Lipinski definition) is 1. The molecule has 0 spiro atoms. The highest BCUT2D eigenvalue weighted by Gasteiger charge is 2.02. The Labute approximate surface area is 112 Å². The molecule has 2 nitrogen and oxygen atoms in total. The number of nitrogens with one attached hydrogen (secondary N) is 1. The summed E-state index contributed by atoms with van der Waals surface area (Å²) in [5.41, 5.74) is 1.86. The Bertz CT molecular complexity index is 488. The van der Waals surface area contributed by atoms with Crippen LogP contribution in [0, 0.1) is 0 Å². The van der Waals surface area contributed by atoms with Gasteiger partial charge in [-0.3, -0.25) is 4.79 Å². The van der Waals surface area contributed by atoms with Crippen molar-refractivity contribution in [2.75, 3.05) is 11.9 Å². The highest BCUT2D eigenvalue weighted by Crippen LogP contribution is 2.13. The summed E-state index contributed by atoms with van der Waals surface area (Å²) in [5.74, 6) is 0.195. The summed E-state index contributed by atoms with van der Waals surface area (Å²) in [5, 5.41) is 5.46. The Morgan fingerprint density at radius 1 is 1.22 bits per heavy atom. The molecule has 0 radical (unpaired) electrons. The van der Waals surface area contributed by atoms with Crippen molar-refractivity contribution < 1.29 is 4.79 Å². The largest absolute Gasteiger partial charge is 0.385 e. The summed E-state index contributed by atoms with van der Waals surface area (Å²) in [6.45, 7) is 2.80. The highest BCUT2D eigenvalue weighted by atomic mass is 32.1. The lowest BCUT2D eigenvalue weighted by molar-refractivity contribution is 0.0988. The molecule has 2 aromatic rings. The van der Waals surface area contributed by atoms with E-state index in [2.05, 4.69) is 22.8 Å². The summed E-state index contributed by atoms with van der Waals surface area (Å²) in [6.07, 6.45) is 1.60. The minimum atomic E-state index is 0.195. The molecule has 0 saturated heterocycles. The SMILES string of the molecule is CCC(=O)c1ccc(NCCc2cccs2)cc1. The van der Waals surface area contributed by atoms with Crippen LogP contribution >= 0.6 is 11.3 Å². The summed E-state index contributed by atoms with van der Waals surface area (Å²) < 4.78 is 0. The Morgan fingerprint density at radius 2 is 2.00 bits per heavy atom. The third-order valence-corrected chi connectivity index (χ3v) is 3.74. The van der Waals surface area contributed by atoms with Crippen LogP contribution in [0.3, 0.4) is 0 Å². The van der Waals surface area contributed by atoms with E-state index < -0.39 is 0 Å². The minimum Gasteiger partial charge on any atom is -0.385 e. The average molecular weight is 259 g/mol. The van der Waals surface area contributed by atoms with Crippen LogP contribution in [0.15, 0.2) is 41.8 Å². The molecule has 94 valence electrons. The molecule has 0 aliphatic rings. The van der Waals surface area contributed by atoms with Crippen molar-refractivity contribution in [2.45, 2.75) is 19.8 Å². The first kappa shape index (κ1) is 12.8. The predicted octanol–water partition coefficient (Wildman–Crippen LogP) is 4.00. The summed E-state index contributed by atoms with van der Waals surface area (Å²) in [4.78, 5) is 12.9. The zero-order chi connectivity index (χ0) is 12.8. The second-order valence-electron chi connectivity index (χ2n) is 4.11. The molecule has 0 aliphatic heterocycles. The van der Waals surface area contributed by atoms with Crippen LogP contribution in [-0.2, 0) is 6.42 Å². The lowest BCUT2D eigenvalue weighted by Gasteiger charge is -2.06. The van der Waals surface area contributed by atoms with Gasteiger partial charge in [0.1, 0.15) is 0 Å². The Balaban J connectivity index is 1.85. The number of anilines is 1. The molecule has 1 N–H and O–H groups in total. The number of carbonyl (C=O) groups excluding carboxylic acids is 1. The number of thiophene rings is 1. The molecule has 1 aromatic heterocycles. The number of hydrogen-bond acceptors (Lipinski definition) is 3. The van der Waals surface area contributed by atoms with E-state index in [1.807, 2.05) is 31.2 Å². The second-order valence-corrected chi connectivity index (χ2v) is 5.14. The van der Waals surface area contributed by atoms with Gasteiger partial charge < -0.3 is 5.32 Å². The third-order valence-electron chi connectivity index (χ3n) is 2.81. The highest BCUT2D eigenvalue weighted by molar-refractivity contribution is 7.09. The van der Waals surface area contributed by atoms with E-state index in [-0.39, 0.29) is 5.78 Å². The van der Waals surface area contributed by atoms with E-state index in [9.17, 15) is 4.79 Å². The topological polar surface area (TPSA) is 29.1 Å². The van der Waals surface area contributed by atoms with Crippen molar-refractivity contribution in [3.8, 4) is 0 Å². The number of ketones is 1. The lowest BCUT2D eigenvalue weighted by atomic mass is 10.1. The van der Waals surface area contributed by atoms with E-state index >= 15 is 0 Å². The molecule has 18 heavy (non-hydrogen) atoms. The predicted molar refractivity (Wildman–Crippen MR) is 77.6 cm³/mol. The van der Waals surface area contributed by atoms with Crippen molar-refractivity contribution in [3.05, 3.63) is 52.2 Å². The lowest BCUT2D eigenvalue weighted by Crippen LogP contribution is -2.04. The molecule has 0 unspecified atom stereocenters. The van der Waals surface area contributed by atoms with Gasteiger partial charge in [-0.2, -0.15) is 0 Å². The zero-order valence-corrected chi connectivity index (χ0v) is 11.3. The maximum absolute atomic E-state index is 11.5. The molecule has 2 rings (SSSR count). The van der Waals surface area contributed by atoms with Gasteiger partial charge in [0.15, 0.2) is 5.78 Å². The van der Waals surface area contributed by atoms with Gasteiger partial charge in [0, 0.05) is 29.1 Å². The van der Waals surface area contributed by atoms with Crippen LogP contribution in [0.2, 0.25) is 0 Å². The van der Waals surface area contributed by atoms with Crippen molar-refractivity contribution >= 4 is 22.8 Å². The van der Waals surface area contributed by atoms with Crippen molar-refractivity contribution in [3.63, 3.8) is 0 Å². The number of rotatable bonds is 6. The standard InChI is InChI=1S/C15H17NOS/c1-2-15(17)12-5-7-13(8-6-12)16-10-9-14-4-3-11-18-14/h3-8,11,16H,2,9-10H2,1H3. The van der Waals surface area contributed by atoms with Gasteiger partial charge in [0.25, 0.3) is 0 Å². The van der Waals surface area contributed by atoms with Gasteiger partial charge in [-0.25, -0.2) is 0 Å². The van der Waals surface area contributed by atoms with Crippen LogP contribution < -0.4 is 5.32 Å². The van der Waals surface area contributed by atoms with Crippen molar-refractivity contribution in [2.24, 2.45) is 0 Å². The van der Waals surface area contributed by atoms with Crippen LogP contribution in [-0.4, -0.2) is 12.3 Å². The smallest absolute Gasteiger partial charge is 0.162 e. The maximum atomic E-state index is 11.5. The number of carbonyl (C=O) groups is 1. The molecular formula is C15H17NOS. The molecule has 3 heteroatoms. The molecule has 1 aromatic carbocycles. The van der Waals surface area contributed by atoms with Gasteiger partial charge in [0.05, 0.1) is 0 Å². The van der Waals surface area contributed by atoms with Gasteiger partial charge in [-0.15, -0.1) is 11.3 Å². The molecule has 0 aliphatic carbocycles. The first-order chi connectivity index (χ1) is 8.79. The van der Waals surface area contributed by atoms with Crippen LogP contribution in [0.5, 0.6) is 0 Å². The van der Waals surface area contributed by atoms with Crippen LogP contribution in [0.25, 0.3) is 0 Å². The van der Waals surface area contributed by atoms with E-state index in [1.165, 1.54) is 4.88 Å². The fourth-order valence-electron chi connectivity index (χ4n) is 1.76. The maximum Gasteiger partial charge on any atom is 0.162 e. The zero-order valence-electron chi connectivity index (χ0n) is 10.5. The van der Waals surface area contributed by atoms with E-state index in [0.717, 1.165) is 24.2 Å². The van der Waals surface area contributed by atoms with Gasteiger partial charge in [-0.05, 0) is 42.1 Å². The van der Waals surface area contributed by atoms with Gasteiger partial charge >= 0.3 is 0 Å². The fraction of sp³-hybridized carbons (Fsp3) is 0.267. The Kier molecular flexibility index (Phi) is 4.53. The van der Waals surface area contributed by atoms with E-state index in [0.29, 0.717) is 6.42 Å². The first-order valence-corrected chi connectivity index (χ1v) is 7.07. The molecule has 0 amide bonds. The van der Waals surface area contributed by atoms with Gasteiger partial charge in [0.2, 0.25) is 0 Å². The van der Waals surface area contributed by atoms with Crippen molar-refractivity contribution in [1.82, 2.24) is 0 Å². The minimum absolute atomic E-state index is 0.195. The Morgan fingerprint density at radius 3 is 2.61 bits per heavy atom. The van der Waals surface area contributed by atoms with Crippen LogP contribution in [0.1, 0.15) is 28.6 Å². The molecule has 0 atom stereocenters. The van der Waals surface area contributed by atoms with Gasteiger partial charge in [-0.1, -0.05) is 13.0 Å².